The van der Waals surface area contributed by atoms with Crippen molar-refractivity contribution >= 4 is 54.0 Å². The average Bonchev–Trinajstić information content (AvgIpc) is 2.75. The molecule has 1 atom stereocenters. The number of hydrogen-bond acceptors (Lipinski definition) is 6. The van der Waals surface area contributed by atoms with E-state index in [1.165, 1.54) is 21.9 Å². The lowest BCUT2D eigenvalue weighted by Crippen LogP contribution is -2.55. The van der Waals surface area contributed by atoms with Crippen molar-refractivity contribution in [2.75, 3.05) is 37.7 Å². The number of nitrogens with one attached hydrogen (secondary N) is 1. The smallest absolute Gasteiger partial charge is 0.242 e. The highest BCUT2D eigenvalue weighted by Crippen LogP contribution is 2.23. The molecule has 0 aliphatic carbocycles. The molecule has 1 unspecified atom stereocenters. The Morgan fingerprint density at radius 1 is 1.06 bits per heavy atom. The lowest BCUT2D eigenvalue weighted by molar-refractivity contribution is -0.143. The maximum atomic E-state index is 13.0. The van der Waals surface area contributed by atoms with E-state index in [4.69, 9.17) is 11.6 Å². The molecule has 0 saturated carbocycles. The second-order valence-electron chi connectivity index (χ2n) is 8.26. The third-order valence-electron chi connectivity index (χ3n) is 5.94. The number of rotatable bonds is 5. The molecule has 2 heterocycles. The van der Waals surface area contributed by atoms with Gasteiger partial charge in [0.25, 0.3) is 0 Å². The van der Waals surface area contributed by atoms with Crippen molar-refractivity contribution in [2.24, 2.45) is 0 Å². The zero-order valence-electron chi connectivity index (χ0n) is 17.7. The summed E-state index contributed by atoms with van der Waals surface area (Å²) in [6.45, 7) is 0.346. The largest absolute Gasteiger partial charge is 0.339 e. The first-order chi connectivity index (χ1) is 15.5. The number of amides is 2. The van der Waals surface area contributed by atoms with Crippen LogP contribution in [0.4, 0.5) is 0 Å². The van der Waals surface area contributed by atoms with E-state index in [1.807, 2.05) is 0 Å². The number of carbonyl (C=O) groups is 2. The molecule has 0 bridgehead atoms. The summed E-state index contributed by atoms with van der Waals surface area (Å²) in [5.41, 5.74) is 0. The number of benzene rings is 2. The molecule has 2 aliphatic rings. The Balaban J connectivity index is 1.43. The van der Waals surface area contributed by atoms with Crippen molar-refractivity contribution in [1.82, 2.24) is 14.5 Å². The van der Waals surface area contributed by atoms with E-state index in [-0.39, 0.29) is 41.9 Å². The molecule has 0 aromatic heterocycles. The maximum Gasteiger partial charge on any atom is 0.242 e. The normalized spacial score (nSPS) is 21.4. The standard InChI is InChI=1S/C21H24ClN3O6S2/c22-17-5-3-16-13-18(6-4-15(16)12-17)33(30,31)23-19-2-1-7-25(21(19)27)14-20(26)24-8-10-32(28,29)11-9-24/h3-6,12-13,19,23H,1-2,7-11,14H2. The molecule has 2 saturated heterocycles. The average molecular weight is 514 g/mol. The molecule has 2 amide bonds. The predicted octanol–water partition coefficient (Wildman–Crippen LogP) is 1.02. The molecule has 9 nitrogen and oxygen atoms in total. The Morgan fingerprint density at radius 2 is 1.73 bits per heavy atom. The molecular weight excluding hydrogens is 490 g/mol. The second-order valence-corrected chi connectivity index (χ2v) is 12.7. The fourth-order valence-electron chi connectivity index (χ4n) is 4.05. The number of sulfone groups is 1. The molecule has 12 heteroatoms. The lowest BCUT2D eigenvalue weighted by atomic mass is 10.1. The summed E-state index contributed by atoms with van der Waals surface area (Å²) in [4.78, 5) is 28.3. The number of fused-ring (bicyclic) bond motifs is 1. The van der Waals surface area contributed by atoms with Gasteiger partial charge >= 0.3 is 0 Å². The van der Waals surface area contributed by atoms with Crippen molar-refractivity contribution in [3.8, 4) is 0 Å². The fraction of sp³-hybridized carbons (Fsp3) is 0.429. The van der Waals surface area contributed by atoms with Crippen LogP contribution in [0.1, 0.15) is 12.8 Å². The molecule has 178 valence electrons. The second kappa shape index (κ2) is 9.21. The number of piperidine rings is 1. The SMILES string of the molecule is O=C(CN1CCCC(NS(=O)(=O)c2ccc3cc(Cl)ccc3c2)C1=O)N1CCS(=O)(=O)CC1. The molecule has 4 rings (SSSR count). The molecule has 0 spiro atoms. The molecule has 1 N–H and O–H groups in total. The minimum Gasteiger partial charge on any atom is -0.339 e. The van der Waals surface area contributed by atoms with E-state index in [2.05, 4.69) is 4.72 Å². The van der Waals surface area contributed by atoms with Crippen LogP contribution in [0.2, 0.25) is 5.02 Å². The van der Waals surface area contributed by atoms with Crippen LogP contribution in [0.15, 0.2) is 41.3 Å². The quantitative estimate of drug-likeness (QED) is 0.637. The molecular formula is C21H24ClN3O6S2. The molecule has 0 radical (unpaired) electrons. The Labute approximate surface area is 197 Å². The predicted molar refractivity (Wildman–Crippen MR) is 124 cm³/mol. The Kier molecular flexibility index (Phi) is 6.68. The Bertz CT molecular complexity index is 1300. The topological polar surface area (TPSA) is 121 Å². The number of likely N-dealkylation sites (tertiary alicyclic amines) is 1. The molecule has 33 heavy (non-hydrogen) atoms. The van der Waals surface area contributed by atoms with Crippen LogP contribution in [-0.4, -0.2) is 82.2 Å². The summed E-state index contributed by atoms with van der Waals surface area (Å²) in [5, 5.41) is 2.04. The lowest BCUT2D eigenvalue weighted by Gasteiger charge is -2.34. The van der Waals surface area contributed by atoms with E-state index >= 15 is 0 Å². The van der Waals surface area contributed by atoms with E-state index < -0.39 is 31.8 Å². The minimum atomic E-state index is -3.97. The van der Waals surface area contributed by atoms with Gasteiger partial charge in [0.05, 0.1) is 22.9 Å². The van der Waals surface area contributed by atoms with Crippen molar-refractivity contribution in [1.29, 1.82) is 0 Å². The molecule has 2 aliphatic heterocycles. The van der Waals surface area contributed by atoms with Gasteiger partial charge in [-0.3, -0.25) is 9.59 Å². The van der Waals surface area contributed by atoms with Gasteiger partial charge in [0.1, 0.15) is 6.04 Å². The number of hydrogen-bond donors (Lipinski definition) is 1. The third kappa shape index (κ3) is 5.48. The number of sulfonamides is 1. The summed E-state index contributed by atoms with van der Waals surface area (Å²) in [7, 11) is -7.09. The monoisotopic (exact) mass is 513 g/mol. The molecule has 2 aromatic rings. The summed E-state index contributed by atoms with van der Waals surface area (Å²) >= 11 is 5.98. The van der Waals surface area contributed by atoms with Gasteiger partial charge in [-0.1, -0.05) is 23.7 Å². The molecule has 2 fully saturated rings. The van der Waals surface area contributed by atoms with Crippen LogP contribution < -0.4 is 4.72 Å². The minimum absolute atomic E-state index is 0.0350. The number of nitrogens with zero attached hydrogens (tertiary/aromatic N) is 2. The third-order valence-corrected chi connectivity index (χ3v) is 9.25. The van der Waals surface area contributed by atoms with Gasteiger partial charge in [-0.05, 0) is 47.9 Å². The maximum absolute atomic E-state index is 13.0. The van der Waals surface area contributed by atoms with Gasteiger partial charge in [0, 0.05) is 24.7 Å². The summed E-state index contributed by atoms with van der Waals surface area (Å²) < 4.78 is 51.5. The first kappa shape index (κ1) is 23.9. The summed E-state index contributed by atoms with van der Waals surface area (Å²) in [6.07, 6.45) is 0.866. The van der Waals surface area contributed by atoms with Crippen molar-refractivity contribution in [2.45, 2.75) is 23.8 Å². The van der Waals surface area contributed by atoms with Gasteiger partial charge in [0.2, 0.25) is 21.8 Å². The van der Waals surface area contributed by atoms with Gasteiger partial charge in [0.15, 0.2) is 9.84 Å². The summed E-state index contributed by atoms with van der Waals surface area (Å²) in [5.74, 6) is -0.981. The highest BCUT2D eigenvalue weighted by Gasteiger charge is 2.34. The van der Waals surface area contributed by atoms with Crippen molar-refractivity contribution < 1.29 is 26.4 Å². The van der Waals surface area contributed by atoms with Crippen molar-refractivity contribution in [3.05, 3.63) is 41.4 Å². The summed E-state index contributed by atoms with van der Waals surface area (Å²) in [6, 6.07) is 8.79. The van der Waals surface area contributed by atoms with Crippen LogP contribution in [0.5, 0.6) is 0 Å². The first-order valence-electron chi connectivity index (χ1n) is 10.5. The van der Waals surface area contributed by atoms with Gasteiger partial charge in [-0.15, -0.1) is 0 Å². The van der Waals surface area contributed by atoms with Crippen LogP contribution in [0, 0.1) is 0 Å². The Hall–Kier alpha value is -2.21. The van der Waals surface area contributed by atoms with Gasteiger partial charge in [-0.25, -0.2) is 16.8 Å². The highest BCUT2D eigenvalue weighted by molar-refractivity contribution is 7.91. The van der Waals surface area contributed by atoms with E-state index in [0.29, 0.717) is 29.8 Å². The zero-order valence-corrected chi connectivity index (χ0v) is 20.1. The molecule has 2 aromatic carbocycles. The van der Waals surface area contributed by atoms with Crippen LogP contribution >= 0.6 is 11.6 Å². The first-order valence-corrected chi connectivity index (χ1v) is 14.2. The number of halogens is 1. The van der Waals surface area contributed by atoms with Crippen LogP contribution in [0.3, 0.4) is 0 Å². The van der Waals surface area contributed by atoms with E-state index in [0.717, 1.165) is 5.39 Å². The zero-order chi connectivity index (χ0) is 23.8. The van der Waals surface area contributed by atoms with Gasteiger partial charge in [-0.2, -0.15) is 4.72 Å². The van der Waals surface area contributed by atoms with Crippen LogP contribution in [0.25, 0.3) is 10.8 Å². The fourth-order valence-corrected chi connectivity index (χ4v) is 6.69. The van der Waals surface area contributed by atoms with E-state index in [9.17, 15) is 26.4 Å². The van der Waals surface area contributed by atoms with Gasteiger partial charge < -0.3 is 9.80 Å². The highest BCUT2D eigenvalue weighted by atomic mass is 35.5. The van der Waals surface area contributed by atoms with Crippen LogP contribution in [-0.2, 0) is 29.4 Å². The Morgan fingerprint density at radius 3 is 2.45 bits per heavy atom. The van der Waals surface area contributed by atoms with E-state index in [1.54, 1.807) is 24.3 Å². The van der Waals surface area contributed by atoms with Crippen molar-refractivity contribution in [3.63, 3.8) is 0 Å². The number of carbonyl (C=O) groups excluding carboxylic acids is 2.